The second-order valence-corrected chi connectivity index (χ2v) is 4.05. The summed E-state index contributed by atoms with van der Waals surface area (Å²) < 4.78 is 14.4. The molecule has 88 valence electrons. The first kappa shape index (κ1) is 11.7. The number of pyridine rings is 1. The van der Waals surface area contributed by atoms with Gasteiger partial charge in [0.15, 0.2) is 0 Å². The maximum atomic E-state index is 13.0. The Bertz CT molecular complexity index is 610. The molecule has 0 spiro atoms. The predicted octanol–water partition coefficient (Wildman–Crippen LogP) is 2.27. The summed E-state index contributed by atoms with van der Waals surface area (Å²) in [5.41, 5.74) is 6.16. The first-order valence-electron chi connectivity index (χ1n) is 4.97. The van der Waals surface area contributed by atoms with Crippen LogP contribution in [0.2, 0.25) is 5.02 Å². The summed E-state index contributed by atoms with van der Waals surface area (Å²) in [4.78, 5) is 11.7. The molecule has 0 bridgehead atoms. The molecule has 2 N–H and O–H groups in total. The maximum Gasteiger partial charge on any atom is 0.273 e. The van der Waals surface area contributed by atoms with Crippen LogP contribution < -0.4 is 11.3 Å². The minimum absolute atomic E-state index is 0.0412. The molecular weight excluding hydrogens is 243 g/mol. The summed E-state index contributed by atoms with van der Waals surface area (Å²) in [6.45, 7) is 0.309. The standard InChI is InChI=1S/C12H10ClFN2O/c13-9-6-8(3-4-10(9)14)7-16-5-1-2-11(15)12(16)17/h1-6H,7,15H2. The predicted molar refractivity (Wildman–Crippen MR) is 65.6 cm³/mol. The molecule has 3 nitrogen and oxygen atoms in total. The van der Waals surface area contributed by atoms with Crippen LogP contribution in [-0.4, -0.2) is 4.57 Å². The zero-order chi connectivity index (χ0) is 12.4. The Morgan fingerprint density at radius 2 is 2.12 bits per heavy atom. The lowest BCUT2D eigenvalue weighted by Gasteiger charge is -2.07. The van der Waals surface area contributed by atoms with Crippen molar-refractivity contribution < 1.29 is 4.39 Å². The number of hydrogen-bond donors (Lipinski definition) is 1. The highest BCUT2D eigenvalue weighted by Gasteiger charge is 2.03. The van der Waals surface area contributed by atoms with E-state index in [1.807, 2.05) is 0 Å². The lowest BCUT2D eigenvalue weighted by Crippen LogP contribution is -2.22. The lowest BCUT2D eigenvalue weighted by atomic mass is 10.2. The van der Waals surface area contributed by atoms with Crippen molar-refractivity contribution in [3.05, 3.63) is 63.3 Å². The van der Waals surface area contributed by atoms with Crippen LogP contribution in [-0.2, 0) is 6.54 Å². The summed E-state index contributed by atoms with van der Waals surface area (Å²) in [6.07, 6.45) is 1.62. The van der Waals surface area contributed by atoms with Crippen molar-refractivity contribution in [2.24, 2.45) is 0 Å². The molecule has 0 amide bonds. The molecule has 0 fully saturated rings. The van der Waals surface area contributed by atoms with Crippen molar-refractivity contribution in [3.63, 3.8) is 0 Å². The zero-order valence-corrected chi connectivity index (χ0v) is 9.62. The van der Waals surface area contributed by atoms with Crippen molar-refractivity contribution in [3.8, 4) is 0 Å². The van der Waals surface area contributed by atoms with Crippen molar-refractivity contribution >= 4 is 17.3 Å². The first-order chi connectivity index (χ1) is 8.08. The smallest absolute Gasteiger partial charge is 0.273 e. The van der Waals surface area contributed by atoms with Gasteiger partial charge in [0.2, 0.25) is 0 Å². The fourth-order valence-electron chi connectivity index (χ4n) is 1.51. The molecule has 1 aromatic heterocycles. The number of halogens is 2. The quantitative estimate of drug-likeness (QED) is 0.891. The number of rotatable bonds is 2. The number of aromatic nitrogens is 1. The van der Waals surface area contributed by atoms with Crippen molar-refractivity contribution in [2.45, 2.75) is 6.54 Å². The van der Waals surface area contributed by atoms with Gasteiger partial charge in [-0.2, -0.15) is 0 Å². The van der Waals surface area contributed by atoms with Crippen LogP contribution in [0, 0.1) is 5.82 Å². The van der Waals surface area contributed by atoms with Gasteiger partial charge in [0, 0.05) is 6.20 Å². The van der Waals surface area contributed by atoms with E-state index in [0.717, 1.165) is 5.56 Å². The molecule has 0 aliphatic heterocycles. The van der Waals surface area contributed by atoms with Gasteiger partial charge in [-0.15, -0.1) is 0 Å². The number of anilines is 1. The normalized spacial score (nSPS) is 10.5. The second kappa shape index (κ2) is 4.59. The van der Waals surface area contributed by atoms with Gasteiger partial charge in [0.05, 0.1) is 17.3 Å². The lowest BCUT2D eigenvalue weighted by molar-refractivity contribution is 0.626. The largest absolute Gasteiger partial charge is 0.394 e. The van der Waals surface area contributed by atoms with E-state index in [0.29, 0.717) is 6.54 Å². The number of nitrogen functional groups attached to an aromatic ring is 1. The third-order valence-corrected chi connectivity index (χ3v) is 2.68. The monoisotopic (exact) mass is 252 g/mol. The average Bonchev–Trinajstić information content (AvgIpc) is 2.30. The van der Waals surface area contributed by atoms with Crippen molar-refractivity contribution in [2.75, 3.05) is 5.73 Å². The Labute approximate surface area is 102 Å². The summed E-state index contributed by atoms with van der Waals surface area (Å²) in [7, 11) is 0. The minimum atomic E-state index is -0.477. The van der Waals surface area contributed by atoms with Gasteiger partial charge in [0.25, 0.3) is 5.56 Å². The third kappa shape index (κ3) is 2.47. The van der Waals surface area contributed by atoms with E-state index >= 15 is 0 Å². The molecule has 0 atom stereocenters. The Morgan fingerprint density at radius 1 is 1.35 bits per heavy atom. The van der Waals surface area contributed by atoms with Crippen molar-refractivity contribution in [1.82, 2.24) is 4.57 Å². The van der Waals surface area contributed by atoms with Gasteiger partial charge in [-0.3, -0.25) is 4.79 Å². The third-order valence-electron chi connectivity index (χ3n) is 2.39. The van der Waals surface area contributed by atoms with Gasteiger partial charge >= 0.3 is 0 Å². The molecule has 2 rings (SSSR count). The number of benzene rings is 1. The molecule has 0 radical (unpaired) electrons. The highest BCUT2D eigenvalue weighted by Crippen LogP contribution is 2.16. The van der Waals surface area contributed by atoms with Gasteiger partial charge < -0.3 is 10.3 Å². The van der Waals surface area contributed by atoms with Crippen LogP contribution in [0.3, 0.4) is 0 Å². The molecule has 0 aliphatic rings. The van der Waals surface area contributed by atoms with E-state index < -0.39 is 5.82 Å². The van der Waals surface area contributed by atoms with E-state index in [1.54, 1.807) is 18.3 Å². The van der Waals surface area contributed by atoms with E-state index in [2.05, 4.69) is 0 Å². The number of nitrogens with two attached hydrogens (primary N) is 1. The Kier molecular flexibility index (Phi) is 3.15. The van der Waals surface area contributed by atoms with Gasteiger partial charge in [0.1, 0.15) is 5.82 Å². The van der Waals surface area contributed by atoms with E-state index in [9.17, 15) is 9.18 Å². The van der Waals surface area contributed by atoms with Crippen LogP contribution >= 0.6 is 11.6 Å². The highest BCUT2D eigenvalue weighted by atomic mass is 35.5. The van der Waals surface area contributed by atoms with Gasteiger partial charge in [-0.1, -0.05) is 17.7 Å². The molecule has 0 unspecified atom stereocenters. The van der Waals surface area contributed by atoms with Gasteiger partial charge in [-0.25, -0.2) is 4.39 Å². The van der Waals surface area contributed by atoms with Crippen LogP contribution in [0.4, 0.5) is 10.1 Å². The molecule has 0 saturated carbocycles. The molecule has 1 aromatic carbocycles. The molecule has 0 aliphatic carbocycles. The summed E-state index contributed by atoms with van der Waals surface area (Å²) in [6, 6.07) is 7.57. The van der Waals surface area contributed by atoms with Crippen molar-refractivity contribution in [1.29, 1.82) is 0 Å². The Morgan fingerprint density at radius 3 is 2.82 bits per heavy atom. The topological polar surface area (TPSA) is 48.0 Å². The molecular formula is C12H10ClFN2O. The van der Waals surface area contributed by atoms with Crippen LogP contribution in [0.1, 0.15) is 5.56 Å². The Hall–Kier alpha value is -1.81. The summed E-state index contributed by atoms with van der Waals surface area (Å²) in [5, 5.41) is 0.0412. The Balaban J connectivity index is 2.35. The second-order valence-electron chi connectivity index (χ2n) is 3.65. The van der Waals surface area contributed by atoms with Crippen LogP contribution in [0.25, 0.3) is 0 Å². The van der Waals surface area contributed by atoms with E-state index in [-0.39, 0.29) is 16.3 Å². The fourth-order valence-corrected chi connectivity index (χ4v) is 1.72. The van der Waals surface area contributed by atoms with E-state index in [4.69, 9.17) is 17.3 Å². The maximum absolute atomic E-state index is 13.0. The van der Waals surface area contributed by atoms with Crippen LogP contribution in [0.15, 0.2) is 41.3 Å². The van der Waals surface area contributed by atoms with E-state index in [1.165, 1.54) is 22.8 Å². The van der Waals surface area contributed by atoms with Crippen LogP contribution in [0.5, 0.6) is 0 Å². The molecule has 5 heteroatoms. The molecule has 1 heterocycles. The fraction of sp³-hybridized carbons (Fsp3) is 0.0833. The highest BCUT2D eigenvalue weighted by molar-refractivity contribution is 6.30. The zero-order valence-electron chi connectivity index (χ0n) is 8.86. The molecule has 17 heavy (non-hydrogen) atoms. The summed E-state index contributed by atoms with van der Waals surface area (Å²) in [5.74, 6) is -0.477. The number of nitrogens with zero attached hydrogens (tertiary/aromatic N) is 1. The number of hydrogen-bond acceptors (Lipinski definition) is 2. The molecule has 0 saturated heterocycles. The summed E-state index contributed by atoms with van der Waals surface area (Å²) >= 11 is 5.66. The first-order valence-corrected chi connectivity index (χ1v) is 5.34. The minimum Gasteiger partial charge on any atom is -0.394 e. The molecule has 2 aromatic rings. The van der Waals surface area contributed by atoms with Gasteiger partial charge in [-0.05, 0) is 29.8 Å². The average molecular weight is 253 g/mol. The SMILES string of the molecule is Nc1cccn(Cc2ccc(F)c(Cl)c2)c1=O.